The van der Waals surface area contributed by atoms with Crippen LogP contribution in [0.2, 0.25) is 5.02 Å². The van der Waals surface area contributed by atoms with Gasteiger partial charge in [0.2, 0.25) is 5.91 Å². The Kier molecular flexibility index (Phi) is 6.03. The Morgan fingerprint density at radius 1 is 1.19 bits per heavy atom. The Morgan fingerprint density at radius 2 is 1.96 bits per heavy atom. The van der Waals surface area contributed by atoms with Crippen LogP contribution >= 0.6 is 34.9 Å². The molecule has 0 bridgehead atoms. The second kappa shape index (κ2) is 8.28. The van der Waals surface area contributed by atoms with Gasteiger partial charge in [-0.25, -0.2) is 4.98 Å². The molecule has 3 aromatic rings. The van der Waals surface area contributed by atoms with Crippen LogP contribution in [0.5, 0.6) is 0 Å². The average molecular weight is 430 g/mol. The molecule has 0 aliphatic heterocycles. The number of alkyl halides is 3. The van der Waals surface area contributed by atoms with E-state index in [4.69, 9.17) is 11.6 Å². The maximum absolute atomic E-state index is 12.7. The van der Waals surface area contributed by atoms with Crippen molar-refractivity contribution in [1.29, 1.82) is 0 Å². The van der Waals surface area contributed by atoms with Crippen LogP contribution in [-0.4, -0.2) is 21.0 Å². The van der Waals surface area contributed by atoms with E-state index in [1.807, 2.05) is 6.07 Å². The monoisotopic (exact) mass is 429 g/mol. The molecule has 1 N–H and O–H groups in total. The third-order valence-electron chi connectivity index (χ3n) is 3.32. The zero-order valence-electron chi connectivity index (χ0n) is 13.5. The number of hydrogen-bond acceptors (Lipinski definition) is 5. The van der Waals surface area contributed by atoms with E-state index in [0.29, 0.717) is 20.8 Å². The van der Waals surface area contributed by atoms with Gasteiger partial charge in [0.1, 0.15) is 0 Å². The molecule has 0 aliphatic carbocycles. The molecule has 140 valence electrons. The van der Waals surface area contributed by atoms with Crippen LogP contribution in [0.4, 0.5) is 18.9 Å². The lowest BCUT2D eigenvalue weighted by atomic mass is 10.2. The first kappa shape index (κ1) is 19.7. The number of aromatic nitrogens is 2. The number of nitrogens with one attached hydrogen (secondary N) is 1. The van der Waals surface area contributed by atoms with Crippen LogP contribution in [0.25, 0.3) is 11.4 Å². The molecule has 1 heterocycles. The molecule has 0 radical (unpaired) electrons. The van der Waals surface area contributed by atoms with E-state index in [9.17, 15) is 18.0 Å². The SMILES string of the molecule is O=C(CSc1nc(-c2ccccc2Cl)ns1)Nc1cccc(C(F)(F)F)c1. The topological polar surface area (TPSA) is 54.9 Å². The van der Waals surface area contributed by atoms with Crippen LogP contribution in [0, 0.1) is 0 Å². The fourth-order valence-corrected chi connectivity index (χ4v) is 3.75. The smallest absolute Gasteiger partial charge is 0.325 e. The number of nitrogens with zero attached hydrogens (tertiary/aromatic N) is 2. The molecule has 10 heteroatoms. The molecule has 0 aliphatic rings. The van der Waals surface area contributed by atoms with E-state index in [0.717, 1.165) is 35.4 Å². The number of halogens is 4. The zero-order valence-corrected chi connectivity index (χ0v) is 15.8. The third kappa shape index (κ3) is 5.21. The van der Waals surface area contributed by atoms with Crippen molar-refractivity contribution in [2.24, 2.45) is 0 Å². The second-order valence-electron chi connectivity index (χ2n) is 5.28. The lowest BCUT2D eigenvalue weighted by Crippen LogP contribution is -2.15. The van der Waals surface area contributed by atoms with Crippen LogP contribution in [0.1, 0.15) is 5.56 Å². The van der Waals surface area contributed by atoms with Crippen molar-refractivity contribution in [3.8, 4) is 11.4 Å². The van der Waals surface area contributed by atoms with Crippen molar-refractivity contribution in [2.75, 3.05) is 11.1 Å². The maximum atomic E-state index is 12.7. The van der Waals surface area contributed by atoms with Gasteiger partial charge in [0.25, 0.3) is 0 Å². The molecule has 3 rings (SSSR count). The summed E-state index contributed by atoms with van der Waals surface area (Å²) in [7, 11) is 0. The quantitative estimate of drug-likeness (QED) is 0.536. The van der Waals surface area contributed by atoms with Crippen molar-refractivity contribution >= 4 is 46.5 Å². The second-order valence-corrected chi connectivity index (χ2v) is 7.66. The standard InChI is InChI=1S/C17H11ClF3N3OS2/c18-13-7-2-1-6-12(13)15-23-16(27-24-15)26-9-14(25)22-11-5-3-4-10(8-11)17(19,20)21/h1-8H,9H2,(H,22,25). The number of carbonyl (C=O) groups is 1. The fraction of sp³-hybridized carbons (Fsp3) is 0.118. The highest BCUT2D eigenvalue weighted by atomic mass is 35.5. The summed E-state index contributed by atoms with van der Waals surface area (Å²) in [4.78, 5) is 16.3. The first-order chi connectivity index (χ1) is 12.8. The predicted octanol–water partition coefficient (Wildman–Crippen LogP) is 5.61. The lowest BCUT2D eigenvalue weighted by molar-refractivity contribution is -0.137. The van der Waals surface area contributed by atoms with Crippen LogP contribution < -0.4 is 5.32 Å². The van der Waals surface area contributed by atoms with E-state index >= 15 is 0 Å². The van der Waals surface area contributed by atoms with E-state index in [2.05, 4.69) is 14.7 Å². The number of amides is 1. The Labute approximate surface area is 165 Å². The molecule has 0 spiro atoms. The summed E-state index contributed by atoms with van der Waals surface area (Å²) in [5.41, 5.74) is -0.0402. The van der Waals surface area contributed by atoms with Gasteiger partial charge in [-0.2, -0.15) is 17.5 Å². The first-order valence-electron chi connectivity index (χ1n) is 7.51. The molecule has 0 saturated carbocycles. The molecule has 27 heavy (non-hydrogen) atoms. The molecule has 0 fully saturated rings. The van der Waals surface area contributed by atoms with Gasteiger partial charge in [-0.3, -0.25) is 4.79 Å². The van der Waals surface area contributed by atoms with Gasteiger partial charge in [-0.05, 0) is 41.9 Å². The van der Waals surface area contributed by atoms with Gasteiger partial charge in [-0.15, -0.1) is 0 Å². The zero-order chi connectivity index (χ0) is 19.4. The molecule has 0 atom stereocenters. The summed E-state index contributed by atoms with van der Waals surface area (Å²) in [6, 6.07) is 11.6. The number of thioether (sulfide) groups is 1. The minimum absolute atomic E-state index is 0.00655. The molecular formula is C17H11ClF3N3OS2. The van der Waals surface area contributed by atoms with E-state index in [-0.39, 0.29) is 11.4 Å². The number of carbonyl (C=O) groups excluding carboxylic acids is 1. The third-order valence-corrected chi connectivity index (χ3v) is 5.49. The van der Waals surface area contributed by atoms with Crippen molar-refractivity contribution in [1.82, 2.24) is 9.36 Å². The summed E-state index contributed by atoms with van der Waals surface area (Å²) in [5, 5.41) is 2.97. The summed E-state index contributed by atoms with van der Waals surface area (Å²) < 4.78 is 42.9. The van der Waals surface area contributed by atoms with Gasteiger partial charge in [0.15, 0.2) is 10.2 Å². The lowest BCUT2D eigenvalue weighted by Gasteiger charge is -2.09. The van der Waals surface area contributed by atoms with Crippen molar-refractivity contribution < 1.29 is 18.0 Å². The maximum Gasteiger partial charge on any atom is 0.416 e. The minimum Gasteiger partial charge on any atom is -0.325 e. The Balaban J connectivity index is 1.60. The molecule has 0 unspecified atom stereocenters. The molecule has 1 amide bonds. The number of anilines is 1. The number of benzene rings is 2. The number of rotatable bonds is 5. The van der Waals surface area contributed by atoms with Gasteiger partial charge < -0.3 is 5.32 Å². The molecule has 4 nitrogen and oxygen atoms in total. The van der Waals surface area contributed by atoms with Gasteiger partial charge in [0.05, 0.1) is 16.3 Å². The van der Waals surface area contributed by atoms with E-state index in [1.54, 1.807) is 18.2 Å². The Hall–Kier alpha value is -2.10. The molecule has 0 saturated heterocycles. The largest absolute Gasteiger partial charge is 0.416 e. The van der Waals surface area contributed by atoms with Gasteiger partial charge in [0, 0.05) is 11.3 Å². The van der Waals surface area contributed by atoms with Gasteiger partial charge in [-0.1, -0.05) is 41.6 Å². The Bertz CT molecular complexity index is 962. The summed E-state index contributed by atoms with van der Waals surface area (Å²) in [5.74, 6) is 0.0214. The predicted molar refractivity (Wildman–Crippen MR) is 101 cm³/mol. The summed E-state index contributed by atoms with van der Waals surface area (Å²) in [6.45, 7) is 0. The normalized spacial score (nSPS) is 11.4. The van der Waals surface area contributed by atoms with Crippen molar-refractivity contribution in [3.63, 3.8) is 0 Å². The highest BCUT2D eigenvalue weighted by Gasteiger charge is 2.30. The van der Waals surface area contributed by atoms with Crippen LogP contribution in [0.3, 0.4) is 0 Å². The van der Waals surface area contributed by atoms with Crippen molar-refractivity contribution in [2.45, 2.75) is 10.5 Å². The number of hydrogen-bond donors (Lipinski definition) is 1. The van der Waals surface area contributed by atoms with Gasteiger partial charge >= 0.3 is 6.18 Å². The average Bonchev–Trinajstić information content (AvgIpc) is 3.09. The van der Waals surface area contributed by atoms with E-state index in [1.165, 1.54) is 12.1 Å². The van der Waals surface area contributed by atoms with E-state index < -0.39 is 17.6 Å². The highest BCUT2D eigenvalue weighted by molar-refractivity contribution is 8.01. The first-order valence-corrected chi connectivity index (χ1v) is 9.65. The summed E-state index contributed by atoms with van der Waals surface area (Å²) >= 11 is 8.37. The van der Waals surface area contributed by atoms with Crippen LogP contribution in [0.15, 0.2) is 52.9 Å². The van der Waals surface area contributed by atoms with Crippen molar-refractivity contribution in [3.05, 3.63) is 59.1 Å². The van der Waals surface area contributed by atoms with Crippen LogP contribution in [-0.2, 0) is 11.0 Å². The molecule has 1 aromatic heterocycles. The molecular weight excluding hydrogens is 419 g/mol. The fourth-order valence-electron chi connectivity index (χ4n) is 2.12. The Morgan fingerprint density at radius 3 is 2.70 bits per heavy atom. The molecule has 2 aromatic carbocycles. The minimum atomic E-state index is -4.46. The summed E-state index contributed by atoms with van der Waals surface area (Å²) in [6.07, 6.45) is -4.46. The highest BCUT2D eigenvalue weighted by Crippen LogP contribution is 2.31.